The van der Waals surface area contributed by atoms with Crippen molar-refractivity contribution in [3.05, 3.63) is 48.3 Å². The molecule has 7 heteroatoms. The van der Waals surface area contributed by atoms with Gasteiger partial charge in [-0.1, -0.05) is 6.07 Å². The molecule has 2 rings (SSSR count). The van der Waals surface area contributed by atoms with Crippen molar-refractivity contribution >= 4 is 17.1 Å². The topological polar surface area (TPSA) is 47.3 Å². The lowest BCUT2D eigenvalue weighted by atomic mass is 10.2. The van der Waals surface area contributed by atoms with Crippen LogP contribution in [-0.4, -0.2) is 6.36 Å². The molecule has 0 atom stereocenters. The van der Waals surface area contributed by atoms with Crippen molar-refractivity contribution < 1.29 is 22.3 Å². The van der Waals surface area contributed by atoms with Crippen molar-refractivity contribution in [3.8, 4) is 5.75 Å². The molecule has 0 unspecified atom stereocenters. The maximum absolute atomic E-state index is 13.2. The zero-order chi connectivity index (χ0) is 14.8. The fraction of sp³-hybridized carbons (Fsp3) is 0.0769. The van der Waals surface area contributed by atoms with Crippen LogP contribution in [0.1, 0.15) is 0 Å². The molecule has 0 spiro atoms. The van der Waals surface area contributed by atoms with Gasteiger partial charge in [-0.05, 0) is 36.4 Å². The molecule has 0 saturated heterocycles. The first-order valence-electron chi connectivity index (χ1n) is 5.52. The smallest absolute Gasteiger partial charge is 0.406 e. The molecule has 0 aliphatic rings. The number of rotatable bonds is 3. The van der Waals surface area contributed by atoms with E-state index in [4.69, 9.17) is 5.73 Å². The summed E-state index contributed by atoms with van der Waals surface area (Å²) >= 11 is 0. The zero-order valence-corrected chi connectivity index (χ0v) is 10.0. The molecule has 0 fully saturated rings. The third-order valence-corrected chi connectivity index (χ3v) is 2.42. The molecule has 2 aromatic carbocycles. The Morgan fingerprint density at radius 1 is 1.00 bits per heavy atom. The Labute approximate surface area is 112 Å². The molecule has 3 N–H and O–H groups in total. The molecule has 0 bridgehead atoms. The van der Waals surface area contributed by atoms with Crippen LogP contribution in [0.2, 0.25) is 0 Å². The number of ether oxygens (including phenoxy) is 1. The molecule has 0 aliphatic heterocycles. The summed E-state index contributed by atoms with van der Waals surface area (Å²) < 4.78 is 52.9. The van der Waals surface area contributed by atoms with Gasteiger partial charge in [-0.2, -0.15) is 0 Å². The molecule has 0 saturated carbocycles. The van der Waals surface area contributed by atoms with Gasteiger partial charge in [-0.15, -0.1) is 13.2 Å². The number of hydrogen-bond donors (Lipinski definition) is 2. The molecular formula is C13H10F4N2O. The van der Waals surface area contributed by atoms with E-state index in [9.17, 15) is 17.6 Å². The lowest BCUT2D eigenvalue weighted by Gasteiger charge is -2.11. The van der Waals surface area contributed by atoms with Gasteiger partial charge in [0.05, 0.1) is 11.4 Å². The van der Waals surface area contributed by atoms with Crippen molar-refractivity contribution in [1.82, 2.24) is 0 Å². The monoisotopic (exact) mass is 286 g/mol. The lowest BCUT2D eigenvalue weighted by Crippen LogP contribution is -2.16. The van der Waals surface area contributed by atoms with E-state index in [2.05, 4.69) is 10.1 Å². The van der Waals surface area contributed by atoms with E-state index < -0.39 is 12.2 Å². The molecule has 0 radical (unpaired) electrons. The number of alkyl halides is 3. The third-order valence-electron chi connectivity index (χ3n) is 2.42. The van der Waals surface area contributed by atoms with Gasteiger partial charge in [0.15, 0.2) is 0 Å². The van der Waals surface area contributed by atoms with Crippen LogP contribution in [0.4, 0.5) is 34.6 Å². The largest absolute Gasteiger partial charge is 0.573 e. The number of nitrogen functional groups attached to an aromatic ring is 1. The van der Waals surface area contributed by atoms with Crippen molar-refractivity contribution in [2.75, 3.05) is 11.1 Å². The number of nitrogens with one attached hydrogen (secondary N) is 1. The highest BCUT2D eigenvalue weighted by Gasteiger charge is 2.30. The van der Waals surface area contributed by atoms with Crippen molar-refractivity contribution in [2.45, 2.75) is 6.36 Å². The van der Waals surface area contributed by atoms with Crippen LogP contribution in [0, 0.1) is 5.82 Å². The molecule has 0 aliphatic carbocycles. The molecule has 0 aromatic heterocycles. The maximum atomic E-state index is 13.2. The van der Waals surface area contributed by atoms with Crippen LogP contribution in [0.3, 0.4) is 0 Å². The van der Waals surface area contributed by atoms with Gasteiger partial charge in [0.25, 0.3) is 0 Å². The molecular weight excluding hydrogens is 276 g/mol. The fourth-order valence-corrected chi connectivity index (χ4v) is 1.54. The van der Waals surface area contributed by atoms with Gasteiger partial charge in [0, 0.05) is 5.69 Å². The number of halogens is 4. The minimum absolute atomic E-state index is 0.0666. The quantitative estimate of drug-likeness (QED) is 0.661. The lowest BCUT2D eigenvalue weighted by molar-refractivity contribution is -0.274. The van der Waals surface area contributed by atoms with E-state index in [0.717, 1.165) is 12.1 Å². The van der Waals surface area contributed by atoms with Gasteiger partial charge < -0.3 is 15.8 Å². The highest BCUT2D eigenvalue weighted by Crippen LogP contribution is 2.28. The van der Waals surface area contributed by atoms with Crippen molar-refractivity contribution in [1.29, 1.82) is 0 Å². The molecule has 3 nitrogen and oxygen atoms in total. The summed E-state index contributed by atoms with van der Waals surface area (Å²) in [5.41, 5.74) is 6.25. The Bertz CT molecular complexity index is 596. The summed E-state index contributed by atoms with van der Waals surface area (Å²) in [4.78, 5) is 0. The van der Waals surface area contributed by atoms with Gasteiger partial charge in [0.1, 0.15) is 11.6 Å². The van der Waals surface area contributed by atoms with Crippen LogP contribution in [0.15, 0.2) is 42.5 Å². The summed E-state index contributed by atoms with van der Waals surface area (Å²) in [6, 6.07) is 9.25. The summed E-state index contributed by atoms with van der Waals surface area (Å²) in [6.45, 7) is 0. The average Bonchev–Trinajstić information content (AvgIpc) is 2.35. The molecule has 20 heavy (non-hydrogen) atoms. The fourth-order valence-electron chi connectivity index (χ4n) is 1.54. The molecule has 2 aromatic rings. The van der Waals surface area contributed by atoms with Crippen LogP contribution >= 0.6 is 0 Å². The van der Waals surface area contributed by atoms with Gasteiger partial charge >= 0.3 is 6.36 Å². The van der Waals surface area contributed by atoms with Gasteiger partial charge in [0.2, 0.25) is 0 Å². The Morgan fingerprint density at radius 3 is 2.25 bits per heavy atom. The van der Waals surface area contributed by atoms with Crippen molar-refractivity contribution in [3.63, 3.8) is 0 Å². The van der Waals surface area contributed by atoms with Crippen LogP contribution in [0.5, 0.6) is 5.75 Å². The zero-order valence-electron chi connectivity index (χ0n) is 10.0. The van der Waals surface area contributed by atoms with E-state index in [1.807, 2.05) is 0 Å². The third kappa shape index (κ3) is 3.53. The normalized spacial score (nSPS) is 11.2. The van der Waals surface area contributed by atoms with Gasteiger partial charge in [-0.3, -0.25) is 0 Å². The summed E-state index contributed by atoms with van der Waals surface area (Å²) in [6.07, 6.45) is -4.73. The highest BCUT2D eigenvalue weighted by atomic mass is 19.4. The average molecular weight is 286 g/mol. The van der Waals surface area contributed by atoms with Crippen LogP contribution < -0.4 is 15.8 Å². The van der Waals surface area contributed by atoms with Crippen LogP contribution in [-0.2, 0) is 0 Å². The first-order valence-corrected chi connectivity index (χ1v) is 5.52. The second-order valence-electron chi connectivity index (χ2n) is 3.90. The Hall–Kier alpha value is -2.44. The molecule has 0 amide bonds. The number of benzene rings is 2. The number of anilines is 3. The SMILES string of the molecule is Nc1c(F)cccc1Nc1ccc(OC(F)(F)F)cc1. The van der Waals surface area contributed by atoms with E-state index in [1.54, 1.807) is 6.07 Å². The molecule has 0 heterocycles. The molecule has 106 valence electrons. The Morgan fingerprint density at radius 2 is 1.65 bits per heavy atom. The van der Waals surface area contributed by atoms with E-state index >= 15 is 0 Å². The summed E-state index contributed by atoms with van der Waals surface area (Å²) in [5.74, 6) is -0.915. The maximum Gasteiger partial charge on any atom is 0.573 e. The van der Waals surface area contributed by atoms with E-state index in [0.29, 0.717) is 11.4 Å². The first-order chi connectivity index (χ1) is 9.35. The number of nitrogens with two attached hydrogens (primary N) is 1. The van der Waals surface area contributed by atoms with Crippen LogP contribution in [0.25, 0.3) is 0 Å². The minimum Gasteiger partial charge on any atom is -0.406 e. The predicted octanol–water partition coefficient (Wildman–Crippen LogP) is 4.05. The summed E-state index contributed by atoms with van der Waals surface area (Å²) in [7, 11) is 0. The second kappa shape index (κ2) is 5.28. The predicted molar refractivity (Wildman–Crippen MR) is 67.2 cm³/mol. The highest BCUT2D eigenvalue weighted by molar-refractivity contribution is 5.72. The second-order valence-corrected chi connectivity index (χ2v) is 3.90. The number of hydrogen-bond acceptors (Lipinski definition) is 3. The standard InChI is InChI=1S/C13H10F4N2O/c14-10-2-1-3-11(12(10)18)19-8-4-6-9(7-5-8)20-13(15,16)17/h1-7,19H,18H2. The first kappa shape index (κ1) is 14.0. The van der Waals surface area contributed by atoms with Gasteiger partial charge in [-0.25, -0.2) is 4.39 Å². The van der Waals surface area contributed by atoms with E-state index in [1.165, 1.54) is 24.3 Å². The van der Waals surface area contributed by atoms with Crippen molar-refractivity contribution in [2.24, 2.45) is 0 Å². The Balaban J connectivity index is 2.13. The van der Waals surface area contributed by atoms with E-state index in [-0.39, 0.29) is 11.4 Å². The Kier molecular flexibility index (Phi) is 3.69. The summed E-state index contributed by atoms with van der Waals surface area (Å²) in [5, 5.41) is 2.80. The number of para-hydroxylation sites is 1. The minimum atomic E-state index is -4.73.